The highest BCUT2D eigenvalue weighted by molar-refractivity contribution is 5.93. The molecule has 108 valence electrons. The summed E-state index contributed by atoms with van der Waals surface area (Å²) in [4.78, 5) is 33.8. The van der Waals surface area contributed by atoms with E-state index in [-0.39, 0.29) is 12.3 Å². The first-order chi connectivity index (χ1) is 9.36. The highest BCUT2D eigenvalue weighted by Crippen LogP contribution is 2.15. The van der Waals surface area contributed by atoms with Crippen LogP contribution in [0.3, 0.4) is 0 Å². The first-order valence-corrected chi connectivity index (χ1v) is 5.61. The third kappa shape index (κ3) is 5.83. The number of carboxylic acid groups (broad SMARTS) is 2. The highest BCUT2D eigenvalue weighted by atomic mass is 16.4. The van der Waals surface area contributed by atoms with Crippen LogP contribution in [0.25, 0.3) is 0 Å². The minimum absolute atomic E-state index is 0.0317. The van der Waals surface area contributed by atoms with Gasteiger partial charge in [-0.3, -0.25) is 19.3 Å². The van der Waals surface area contributed by atoms with E-state index in [0.29, 0.717) is 5.69 Å². The van der Waals surface area contributed by atoms with E-state index in [4.69, 9.17) is 10.2 Å². The van der Waals surface area contributed by atoms with Crippen LogP contribution in [0.15, 0.2) is 24.3 Å². The van der Waals surface area contributed by atoms with Crippen molar-refractivity contribution >= 4 is 23.5 Å². The van der Waals surface area contributed by atoms with E-state index >= 15 is 0 Å². The number of hydrogen-bond acceptors (Lipinski definition) is 5. The average molecular weight is 282 g/mol. The standard InChI is InChI=1S/C12H14N2O6/c15-9-3-1-2-8(4-9)13-10(16)5-14(6-11(17)18)7-12(19)20/h1-4,15H,5-7H2,(H,13,16)(H,17,18)(H,19,20). The molecule has 0 heterocycles. The molecule has 8 nitrogen and oxygen atoms in total. The minimum Gasteiger partial charge on any atom is -0.508 e. The molecule has 4 N–H and O–H groups in total. The Morgan fingerprint density at radius 1 is 1.05 bits per heavy atom. The lowest BCUT2D eigenvalue weighted by Gasteiger charge is -2.17. The smallest absolute Gasteiger partial charge is 0.317 e. The molecule has 1 amide bonds. The maximum absolute atomic E-state index is 11.7. The first kappa shape index (κ1) is 15.4. The van der Waals surface area contributed by atoms with Crippen molar-refractivity contribution < 1.29 is 29.7 Å². The Morgan fingerprint density at radius 3 is 2.15 bits per heavy atom. The molecule has 0 spiro atoms. The number of rotatable bonds is 7. The molecule has 20 heavy (non-hydrogen) atoms. The topological polar surface area (TPSA) is 127 Å². The van der Waals surface area contributed by atoms with Gasteiger partial charge in [0.2, 0.25) is 5.91 Å². The molecule has 0 aliphatic carbocycles. The van der Waals surface area contributed by atoms with Crippen LogP contribution in [0.1, 0.15) is 0 Å². The Balaban J connectivity index is 2.61. The SMILES string of the molecule is O=C(O)CN(CC(=O)O)CC(=O)Nc1cccc(O)c1. The molecule has 0 bridgehead atoms. The van der Waals surface area contributed by atoms with Crippen LogP contribution in [0, 0.1) is 0 Å². The van der Waals surface area contributed by atoms with Crippen LogP contribution in [0.4, 0.5) is 5.69 Å². The molecule has 1 aromatic rings. The summed E-state index contributed by atoms with van der Waals surface area (Å²) >= 11 is 0. The van der Waals surface area contributed by atoms with Crippen LogP contribution < -0.4 is 5.32 Å². The number of carbonyl (C=O) groups excluding carboxylic acids is 1. The summed E-state index contributed by atoms with van der Waals surface area (Å²) in [6.45, 7) is -1.49. The van der Waals surface area contributed by atoms with Gasteiger partial charge in [0.15, 0.2) is 0 Å². The summed E-state index contributed by atoms with van der Waals surface area (Å²) in [5.74, 6) is -3.05. The van der Waals surface area contributed by atoms with Gasteiger partial charge in [-0.2, -0.15) is 0 Å². The molecule has 0 aliphatic rings. The van der Waals surface area contributed by atoms with Gasteiger partial charge in [-0.15, -0.1) is 0 Å². The average Bonchev–Trinajstić information content (AvgIpc) is 2.26. The monoisotopic (exact) mass is 282 g/mol. The van der Waals surface area contributed by atoms with Crippen molar-refractivity contribution in [3.63, 3.8) is 0 Å². The van der Waals surface area contributed by atoms with E-state index in [9.17, 15) is 19.5 Å². The molecule has 1 aromatic carbocycles. The van der Waals surface area contributed by atoms with Gasteiger partial charge < -0.3 is 20.6 Å². The maximum Gasteiger partial charge on any atom is 0.317 e. The fourth-order valence-corrected chi connectivity index (χ4v) is 1.54. The summed E-state index contributed by atoms with van der Waals surface area (Å²) < 4.78 is 0. The second kappa shape index (κ2) is 7.10. The molecular formula is C12H14N2O6. The molecule has 0 aromatic heterocycles. The van der Waals surface area contributed by atoms with Crippen molar-refractivity contribution in [2.75, 3.05) is 25.0 Å². The molecule has 1 rings (SSSR count). The molecule has 0 fully saturated rings. The van der Waals surface area contributed by atoms with Crippen LogP contribution >= 0.6 is 0 Å². The molecule has 0 saturated heterocycles. The second-order valence-corrected chi connectivity index (χ2v) is 4.03. The Bertz CT molecular complexity index is 500. The van der Waals surface area contributed by atoms with Gasteiger partial charge in [0.05, 0.1) is 19.6 Å². The van der Waals surface area contributed by atoms with Crippen LogP contribution in [0.2, 0.25) is 0 Å². The van der Waals surface area contributed by atoms with Gasteiger partial charge >= 0.3 is 11.9 Å². The highest BCUT2D eigenvalue weighted by Gasteiger charge is 2.17. The van der Waals surface area contributed by atoms with Gasteiger partial charge in [-0.25, -0.2) is 0 Å². The summed E-state index contributed by atoms with van der Waals surface area (Å²) in [5.41, 5.74) is 0.334. The third-order valence-corrected chi connectivity index (χ3v) is 2.21. The number of carboxylic acids is 2. The maximum atomic E-state index is 11.7. The van der Waals surface area contributed by atoms with Crippen LogP contribution in [0.5, 0.6) is 5.75 Å². The molecule has 0 radical (unpaired) electrons. The third-order valence-electron chi connectivity index (χ3n) is 2.21. The van der Waals surface area contributed by atoms with E-state index in [0.717, 1.165) is 4.90 Å². The Labute approximate surface area is 114 Å². The van der Waals surface area contributed by atoms with E-state index in [1.165, 1.54) is 24.3 Å². The lowest BCUT2D eigenvalue weighted by Crippen LogP contribution is -2.40. The normalized spacial score (nSPS) is 10.2. The molecule has 8 heteroatoms. The zero-order valence-electron chi connectivity index (χ0n) is 10.4. The van der Waals surface area contributed by atoms with Gasteiger partial charge in [0.1, 0.15) is 5.75 Å². The number of amides is 1. The number of phenolic OH excluding ortho intramolecular Hbond substituents is 1. The Hall–Kier alpha value is -2.61. The van der Waals surface area contributed by atoms with Crippen molar-refractivity contribution in [2.24, 2.45) is 0 Å². The summed E-state index contributed by atoms with van der Waals surface area (Å²) in [5, 5.41) is 28.9. The minimum atomic E-state index is -1.23. The Kier molecular flexibility index (Phi) is 5.48. The van der Waals surface area contributed by atoms with Crippen LogP contribution in [-0.2, 0) is 14.4 Å². The lowest BCUT2D eigenvalue weighted by molar-refractivity contribution is -0.142. The number of aliphatic carboxylic acids is 2. The molecular weight excluding hydrogens is 268 g/mol. The van der Waals surface area contributed by atoms with Crippen molar-refractivity contribution in [3.8, 4) is 5.75 Å². The summed E-state index contributed by atoms with van der Waals surface area (Å²) in [6, 6.07) is 5.81. The second-order valence-electron chi connectivity index (χ2n) is 4.03. The number of aromatic hydroxyl groups is 1. The largest absolute Gasteiger partial charge is 0.508 e. The molecule has 0 unspecified atom stereocenters. The van der Waals surface area contributed by atoms with Crippen molar-refractivity contribution in [2.45, 2.75) is 0 Å². The molecule has 0 atom stereocenters. The predicted octanol–water partition coefficient (Wildman–Crippen LogP) is -0.198. The number of carbonyl (C=O) groups is 3. The van der Waals surface area contributed by atoms with Crippen LogP contribution in [-0.4, -0.2) is 57.7 Å². The van der Waals surface area contributed by atoms with Gasteiger partial charge in [0, 0.05) is 11.8 Å². The summed E-state index contributed by atoms with van der Waals surface area (Å²) in [7, 11) is 0. The van der Waals surface area contributed by atoms with E-state index in [1.807, 2.05) is 0 Å². The van der Waals surface area contributed by atoms with E-state index < -0.39 is 30.9 Å². The predicted molar refractivity (Wildman–Crippen MR) is 68.4 cm³/mol. The van der Waals surface area contributed by atoms with Crippen molar-refractivity contribution in [3.05, 3.63) is 24.3 Å². The fraction of sp³-hybridized carbons (Fsp3) is 0.250. The lowest BCUT2D eigenvalue weighted by atomic mass is 10.3. The summed E-state index contributed by atoms with van der Waals surface area (Å²) in [6.07, 6.45) is 0. The number of nitrogens with zero attached hydrogens (tertiary/aromatic N) is 1. The van der Waals surface area contributed by atoms with E-state index in [1.54, 1.807) is 0 Å². The molecule has 0 aliphatic heterocycles. The number of phenols is 1. The molecule has 0 saturated carbocycles. The first-order valence-electron chi connectivity index (χ1n) is 5.61. The zero-order chi connectivity index (χ0) is 15.1. The quantitative estimate of drug-likeness (QED) is 0.545. The number of nitrogens with one attached hydrogen (secondary N) is 1. The Morgan fingerprint density at radius 2 is 1.65 bits per heavy atom. The van der Waals surface area contributed by atoms with Gasteiger partial charge in [-0.05, 0) is 12.1 Å². The van der Waals surface area contributed by atoms with Gasteiger partial charge in [-0.1, -0.05) is 6.07 Å². The fourth-order valence-electron chi connectivity index (χ4n) is 1.54. The number of benzene rings is 1. The number of hydrogen-bond donors (Lipinski definition) is 4. The van der Waals surface area contributed by atoms with Crippen molar-refractivity contribution in [1.29, 1.82) is 0 Å². The van der Waals surface area contributed by atoms with E-state index in [2.05, 4.69) is 5.32 Å². The zero-order valence-corrected chi connectivity index (χ0v) is 10.4. The number of anilines is 1. The van der Waals surface area contributed by atoms with Gasteiger partial charge in [0.25, 0.3) is 0 Å². The van der Waals surface area contributed by atoms with Crippen molar-refractivity contribution in [1.82, 2.24) is 4.90 Å².